The first-order chi connectivity index (χ1) is 7.50. The molecule has 0 bridgehead atoms. The largest absolute Gasteiger partial charge is 0.475 e. The number of hydrogen-bond donors (Lipinski definition) is 1. The second-order valence-corrected chi connectivity index (χ2v) is 4.24. The Morgan fingerprint density at radius 2 is 1.88 bits per heavy atom. The van der Waals surface area contributed by atoms with E-state index in [1.54, 1.807) is 6.20 Å². The van der Waals surface area contributed by atoms with E-state index in [-0.39, 0.29) is 5.54 Å². The van der Waals surface area contributed by atoms with Crippen LogP contribution in [0.15, 0.2) is 6.20 Å². The van der Waals surface area contributed by atoms with Crippen molar-refractivity contribution in [2.75, 3.05) is 6.61 Å². The Morgan fingerprint density at radius 1 is 1.25 bits per heavy atom. The zero-order valence-corrected chi connectivity index (χ0v) is 10.6. The Kier molecular flexibility index (Phi) is 4.24. The van der Waals surface area contributed by atoms with Crippen LogP contribution < -0.4 is 10.5 Å². The van der Waals surface area contributed by atoms with Gasteiger partial charge in [-0.2, -0.15) is 0 Å². The average molecular weight is 223 g/mol. The van der Waals surface area contributed by atoms with E-state index in [1.165, 1.54) is 0 Å². The van der Waals surface area contributed by atoms with Gasteiger partial charge < -0.3 is 10.5 Å². The number of nitrogens with two attached hydrogens (primary N) is 1. The molecule has 2 N–H and O–H groups in total. The Balaban J connectivity index is 2.64. The number of rotatable bonds is 5. The van der Waals surface area contributed by atoms with E-state index in [9.17, 15) is 0 Å². The standard InChI is InChI=1S/C12H21N3O/c1-5-12(13,6-2)8-16-11-7-14-9(3)10(4)15-11/h7H,5-6,8,13H2,1-4H3. The summed E-state index contributed by atoms with van der Waals surface area (Å²) >= 11 is 0. The third kappa shape index (κ3) is 3.17. The maximum Gasteiger partial charge on any atom is 0.232 e. The minimum atomic E-state index is -0.263. The molecule has 4 nitrogen and oxygen atoms in total. The first kappa shape index (κ1) is 12.9. The van der Waals surface area contributed by atoms with E-state index < -0.39 is 0 Å². The summed E-state index contributed by atoms with van der Waals surface area (Å²) < 4.78 is 5.59. The Bertz CT molecular complexity index is 348. The fraction of sp³-hybridized carbons (Fsp3) is 0.667. The van der Waals surface area contributed by atoms with Crippen LogP contribution in [-0.2, 0) is 0 Å². The van der Waals surface area contributed by atoms with Gasteiger partial charge in [-0.15, -0.1) is 0 Å². The predicted octanol–water partition coefficient (Wildman–Crippen LogP) is 1.99. The molecule has 0 unspecified atom stereocenters. The molecule has 0 spiro atoms. The lowest BCUT2D eigenvalue weighted by atomic mass is 9.96. The highest BCUT2D eigenvalue weighted by Crippen LogP contribution is 2.14. The summed E-state index contributed by atoms with van der Waals surface area (Å²) in [6.45, 7) is 8.47. The molecule has 1 aromatic rings. The molecule has 1 rings (SSSR count). The summed E-state index contributed by atoms with van der Waals surface area (Å²) in [5.41, 5.74) is 7.70. The maximum atomic E-state index is 6.14. The summed E-state index contributed by atoms with van der Waals surface area (Å²) in [5.74, 6) is 0.555. The van der Waals surface area contributed by atoms with Crippen LogP contribution in [0.4, 0.5) is 0 Å². The lowest BCUT2D eigenvalue weighted by molar-refractivity contribution is 0.200. The molecule has 0 atom stereocenters. The van der Waals surface area contributed by atoms with E-state index in [0.717, 1.165) is 24.2 Å². The monoisotopic (exact) mass is 223 g/mol. The van der Waals surface area contributed by atoms with Crippen molar-refractivity contribution in [3.63, 3.8) is 0 Å². The van der Waals surface area contributed by atoms with Crippen molar-refractivity contribution >= 4 is 0 Å². The van der Waals surface area contributed by atoms with E-state index in [2.05, 4.69) is 23.8 Å². The second-order valence-electron chi connectivity index (χ2n) is 4.24. The second kappa shape index (κ2) is 5.25. The van der Waals surface area contributed by atoms with Gasteiger partial charge in [-0.1, -0.05) is 13.8 Å². The third-order valence-electron chi connectivity index (χ3n) is 3.09. The van der Waals surface area contributed by atoms with E-state index in [0.29, 0.717) is 12.5 Å². The normalized spacial score (nSPS) is 11.6. The van der Waals surface area contributed by atoms with Gasteiger partial charge in [0.2, 0.25) is 5.88 Å². The SMILES string of the molecule is CCC(N)(CC)COc1cnc(C)c(C)n1. The van der Waals surface area contributed by atoms with Crippen LogP contribution in [0.2, 0.25) is 0 Å². The van der Waals surface area contributed by atoms with Crippen molar-refractivity contribution in [1.82, 2.24) is 9.97 Å². The van der Waals surface area contributed by atoms with Gasteiger partial charge in [0, 0.05) is 5.54 Å². The van der Waals surface area contributed by atoms with Crippen LogP contribution >= 0.6 is 0 Å². The molecule has 0 aromatic carbocycles. The molecule has 0 aliphatic heterocycles. The third-order valence-corrected chi connectivity index (χ3v) is 3.09. The first-order valence-corrected chi connectivity index (χ1v) is 5.72. The quantitative estimate of drug-likeness (QED) is 0.829. The van der Waals surface area contributed by atoms with Crippen molar-refractivity contribution in [3.05, 3.63) is 17.6 Å². The van der Waals surface area contributed by atoms with E-state index in [1.807, 2.05) is 13.8 Å². The van der Waals surface area contributed by atoms with Crippen molar-refractivity contribution in [2.45, 2.75) is 46.1 Å². The number of nitrogens with zero attached hydrogens (tertiary/aromatic N) is 2. The summed E-state index contributed by atoms with van der Waals surface area (Å²) in [6.07, 6.45) is 3.43. The fourth-order valence-electron chi connectivity index (χ4n) is 1.26. The molecular weight excluding hydrogens is 202 g/mol. The topological polar surface area (TPSA) is 61.0 Å². The zero-order valence-electron chi connectivity index (χ0n) is 10.6. The van der Waals surface area contributed by atoms with Crippen molar-refractivity contribution in [2.24, 2.45) is 5.73 Å². The Labute approximate surface area is 97.2 Å². The molecule has 0 saturated carbocycles. The van der Waals surface area contributed by atoms with Gasteiger partial charge in [-0.3, -0.25) is 4.98 Å². The van der Waals surface area contributed by atoms with Crippen LogP contribution in [0.5, 0.6) is 5.88 Å². The number of aryl methyl sites for hydroxylation is 2. The van der Waals surface area contributed by atoms with Crippen molar-refractivity contribution < 1.29 is 4.74 Å². The van der Waals surface area contributed by atoms with E-state index in [4.69, 9.17) is 10.5 Å². The van der Waals surface area contributed by atoms with Gasteiger partial charge in [0.1, 0.15) is 6.61 Å². The van der Waals surface area contributed by atoms with Crippen LogP contribution in [0.1, 0.15) is 38.1 Å². The Morgan fingerprint density at radius 3 is 2.38 bits per heavy atom. The van der Waals surface area contributed by atoms with Gasteiger partial charge in [-0.25, -0.2) is 4.98 Å². The maximum absolute atomic E-state index is 6.14. The van der Waals surface area contributed by atoms with Crippen LogP contribution in [-0.4, -0.2) is 22.1 Å². The lowest BCUT2D eigenvalue weighted by Crippen LogP contribution is -2.44. The van der Waals surface area contributed by atoms with Crippen molar-refractivity contribution in [3.8, 4) is 5.88 Å². The van der Waals surface area contributed by atoms with Gasteiger partial charge in [0.25, 0.3) is 0 Å². The lowest BCUT2D eigenvalue weighted by Gasteiger charge is -2.26. The minimum absolute atomic E-state index is 0.263. The van der Waals surface area contributed by atoms with Gasteiger partial charge in [0.15, 0.2) is 0 Å². The van der Waals surface area contributed by atoms with Crippen LogP contribution in [0.3, 0.4) is 0 Å². The molecule has 1 aromatic heterocycles. The number of hydrogen-bond acceptors (Lipinski definition) is 4. The minimum Gasteiger partial charge on any atom is -0.475 e. The van der Waals surface area contributed by atoms with Crippen molar-refractivity contribution in [1.29, 1.82) is 0 Å². The summed E-state index contributed by atoms with van der Waals surface area (Å²) in [5, 5.41) is 0. The molecule has 1 heterocycles. The molecule has 0 fully saturated rings. The van der Waals surface area contributed by atoms with E-state index >= 15 is 0 Å². The summed E-state index contributed by atoms with van der Waals surface area (Å²) in [4.78, 5) is 8.51. The highest BCUT2D eigenvalue weighted by atomic mass is 16.5. The molecule has 4 heteroatoms. The molecular formula is C12H21N3O. The summed E-state index contributed by atoms with van der Waals surface area (Å²) in [7, 11) is 0. The molecule has 16 heavy (non-hydrogen) atoms. The van der Waals surface area contributed by atoms with Gasteiger partial charge in [0.05, 0.1) is 17.6 Å². The molecule has 0 aliphatic rings. The molecule has 0 saturated heterocycles. The summed E-state index contributed by atoms with van der Waals surface area (Å²) in [6, 6.07) is 0. The molecule has 0 radical (unpaired) electrons. The smallest absolute Gasteiger partial charge is 0.232 e. The zero-order chi connectivity index (χ0) is 12.2. The van der Waals surface area contributed by atoms with Crippen LogP contribution in [0.25, 0.3) is 0 Å². The Hall–Kier alpha value is -1.16. The van der Waals surface area contributed by atoms with Crippen LogP contribution in [0, 0.1) is 13.8 Å². The number of aromatic nitrogens is 2. The number of ether oxygens (including phenoxy) is 1. The fourth-order valence-corrected chi connectivity index (χ4v) is 1.26. The highest BCUT2D eigenvalue weighted by Gasteiger charge is 2.21. The highest BCUT2D eigenvalue weighted by molar-refractivity contribution is 5.14. The average Bonchev–Trinajstić information content (AvgIpc) is 2.30. The first-order valence-electron chi connectivity index (χ1n) is 5.72. The predicted molar refractivity (Wildman–Crippen MR) is 64.5 cm³/mol. The molecule has 0 aliphatic carbocycles. The van der Waals surface area contributed by atoms with Gasteiger partial charge >= 0.3 is 0 Å². The van der Waals surface area contributed by atoms with Gasteiger partial charge in [-0.05, 0) is 26.7 Å². The molecule has 90 valence electrons. The molecule has 0 amide bonds.